The fraction of sp³-hybridized carbons (Fsp3) is 0.462. The Morgan fingerprint density at radius 1 is 1.37 bits per heavy atom. The lowest BCUT2D eigenvalue weighted by atomic mass is 10.1. The van der Waals surface area contributed by atoms with E-state index in [4.69, 9.17) is 0 Å². The lowest BCUT2D eigenvalue weighted by Crippen LogP contribution is -2.54. The topological polar surface area (TPSA) is 54.5 Å². The Labute approximate surface area is 121 Å². The number of nitrogens with zero attached hydrogens (tertiary/aromatic N) is 1. The third-order valence-electron chi connectivity index (χ3n) is 3.69. The number of carbonyl (C=O) groups excluding carboxylic acids is 1. The van der Waals surface area contributed by atoms with Gasteiger partial charge in [0.2, 0.25) is 0 Å². The molecule has 0 bridgehead atoms. The quantitative estimate of drug-likeness (QED) is 0.783. The van der Waals surface area contributed by atoms with Crippen LogP contribution < -0.4 is 0 Å². The van der Waals surface area contributed by atoms with Crippen LogP contribution in [0.1, 0.15) is 24.2 Å². The minimum atomic E-state index is -3.07. The van der Waals surface area contributed by atoms with Crippen molar-refractivity contribution in [2.45, 2.75) is 25.1 Å². The van der Waals surface area contributed by atoms with Gasteiger partial charge in [-0.3, -0.25) is 4.79 Å². The summed E-state index contributed by atoms with van der Waals surface area (Å²) >= 11 is 3.33. The van der Waals surface area contributed by atoms with E-state index in [1.165, 1.54) is 0 Å². The van der Waals surface area contributed by atoms with Crippen molar-refractivity contribution in [3.8, 4) is 0 Å². The molecule has 0 aliphatic carbocycles. The van der Waals surface area contributed by atoms with E-state index >= 15 is 0 Å². The second-order valence-electron chi connectivity index (χ2n) is 4.82. The molecule has 104 valence electrons. The molecule has 1 aliphatic rings. The van der Waals surface area contributed by atoms with Crippen LogP contribution in [0.5, 0.6) is 0 Å². The number of hydrogen-bond donors (Lipinski definition) is 0. The molecule has 0 N–H and O–H groups in total. The minimum Gasteiger partial charge on any atom is -0.334 e. The van der Waals surface area contributed by atoms with E-state index in [1.807, 2.05) is 6.07 Å². The van der Waals surface area contributed by atoms with Crippen LogP contribution in [0.15, 0.2) is 28.7 Å². The van der Waals surface area contributed by atoms with Crippen molar-refractivity contribution in [3.05, 3.63) is 34.3 Å². The predicted octanol–water partition coefficient (Wildman–Crippen LogP) is 2.10. The molecule has 1 amide bonds. The van der Waals surface area contributed by atoms with Crippen LogP contribution in [0, 0.1) is 0 Å². The Morgan fingerprint density at radius 3 is 2.68 bits per heavy atom. The molecule has 0 spiro atoms. The van der Waals surface area contributed by atoms with Crippen LogP contribution in [0.2, 0.25) is 0 Å². The van der Waals surface area contributed by atoms with Crippen LogP contribution in [-0.2, 0) is 9.84 Å². The standard InChI is InChI=1S/C13H16BrNO3S/c1-9-10(2)19(17,18)7-6-15(9)13(16)11-4-3-5-12(14)8-11/h3-5,8-10H,6-7H2,1-2H3. The highest BCUT2D eigenvalue weighted by molar-refractivity contribution is 9.10. The molecular weight excluding hydrogens is 330 g/mol. The van der Waals surface area contributed by atoms with Crippen LogP contribution >= 0.6 is 15.9 Å². The third kappa shape index (κ3) is 2.84. The number of amides is 1. The lowest BCUT2D eigenvalue weighted by Gasteiger charge is -2.37. The normalized spacial score (nSPS) is 26.2. The Balaban J connectivity index is 2.26. The molecule has 2 unspecified atom stereocenters. The molecule has 1 saturated heterocycles. The average Bonchev–Trinajstić information content (AvgIpc) is 2.36. The molecule has 0 radical (unpaired) electrons. The summed E-state index contributed by atoms with van der Waals surface area (Å²) in [4.78, 5) is 14.1. The van der Waals surface area contributed by atoms with Crippen molar-refractivity contribution >= 4 is 31.7 Å². The van der Waals surface area contributed by atoms with E-state index in [0.29, 0.717) is 5.56 Å². The van der Waals surface area contributed by atoms with Crippen LogP contribution in [-0.4, -0.2) is 42.8 Å². The summed E-state index contributed by atoms with van der Waals surface area (Å²) < 4.78 is 24.4. The maximum Gasteiger partial charge on any atom is 0.254 e. The van der Waals surface area contributed by atoms with Crippen molar-refractivity contribution in [2.75, 3.05) is 12.3 Å². The molecule has 2 rings (SSSR count). The highest BCUT2D eigenvalue weighted by Crippen LogP contribution is 2.22. The van der Waals surface area contributed by atoms with E-state index in [9.17, 15) is 13.2 Å². The summed E-state index contributed by atoms with van der Waals surface area (Å²) in [6.45, 7) is 3.72. The van der Waals surface area contributed by atoms with Gasteiger partial charge in [-0.2, -0.15) is 0 Å². The zero-order valence-corrected chi connectivity index (χ0v) is 13.2. The molecule has 0 aromatic heterocycles. The lowest BCUT2D eigenvalue weighted by molar-refractivity contribution is 0.0693. The summed E-state index contributed by atoms with van der Waals surface area (Å²) in [6.07, 6.45) is 0. The van der Waals surface area contributed by atoms with E-state index in [0.717, 1.165) is 4.47 Å². The van der Waals surface area contributed by atoms with Gasteiger partial charge in [-0.1, -0.05) is 22.0 Å². The number of sulfone groups is 1. The van der Waals surface area contributed by atoms with E-state index < -0.39 is 15.1 Å². The maximum atomic E-state index is 12.4. The highest BCUT2D eigenvalue weighted by atomic mass is 79.9. The van der Waals surface area contributed by atoms with Crippen molar-refractivity contribution in [1.29, 1.82) is 0 Å². The molecule has 1 heterocycles. The molecule has 4 nitrogen and oxygen atoms in total. The zero-order valence-electron chi connectivity index (χ0n) is 10.8. The smallest absolute Gasteiger partial charge is 0.254 e. The first-order chi connectivity index (χ1) is 8.83. The molecule has 2 atom stereocenters. The second-order valence-corrected chi connectivity index (χ2v) is 8.21. The third-order valence-corrected chi connectivity index (χ3v) is 6.46. The van der Waals surface area contributed by atoms with E-state index in [2.05, 4.69) is 15.9 Å². The number of carbonyl (C=O) groups is 1. The monoisotopic (exact) mass is 345 g/mol. The Kier molecular flexibility index (Phi) is 4.01. The summed E-state index contributed by atoms with van der Waals surface area (Å²) in [5, 5.41) is -0.516. The van der Waals surface area contributed by atoms with Crippen LogP contribution in [0.4, 0.5) is 0 Å². The molecule has 6 heteroatoms. The second kappa shape index (κ2) is 5.25. The number of hydrogen-bond acceptors (Lipinski definition) is 3. The van der Waals surface area contributed by atoms with Gasteiger partial charge in [0, 0.05) is 22.6 Å². The first-order valence-corrected chi connectivity index (χ1v) is 8.62. The molecule has 1 aromatic carbocycles. The predicted molar refractivity (Wildman–Crippen MR) is 77.9 cm³/mol. The number of halogens is 1. The summed E-state index contributed by atoms with van der Waals surface area (Å²) in [5.74, 6) is -0.0753. The van der Waals surface area contributed by atoms with Gasteiger partial charge in [0.05, 0.1) is 11.0 Å². The molecule has 1 aromatic rings. The molecule has 1 aliphatic heterocycles. The Bertz CT molecular complexity index is 600. The fourth-order valence-corrected chi connectivity index (χ4v) is 4.21. The number of benzene rings is 1. The van der Waals surface area contributed by atoms with Gasteiger partial charge in [-0.15, -0.1) is 0 Å². The summed E-state index contributed by atoms with van der Waals surface area (Å²) in [7, 11) is -3.07. The summed E-state index contributed by atoms with van der Waals surface area (Å²) in [5.41, 5.74) is 0.577. The molecule has 1 fully saturated rings. The molecular formula is C13H16BrNO3S. The Hall–Kier alpha value is -0.880. The minimum absolute atomic E-state index is 0.0399. The number of rotatable bonds is 1. The molecule has 19 heavy (non-hydrogen) atoms. The zero-order chi connectivity index (χ0) is 14.2. The van der Waals surface area contributed by atoms with Gasteiger partial charge in [-0.25, -0.2) is 8.42 Å². The van der Waals surface area contributed by atoms with Crippen molar-refractivity contribution in [3.63, 3.8) is 0 Å². The SMILES string of the molecule is CC1C(C)S(=O)(=O)CCN1C(=O)c1cccc(Br)c1. The van der Waals surface area contributed by atoms with Gasteiger partial charge >= 0.3 is 0 Å². The molecule has 0 saturated carbocycles. The fourth-order valence-electron chi connectivity index (χ4n) is 2.24. The van der Waals surface area contributed by atoms with E-state index in [-0.39, 0.29) is 24.2 Å². The van der Waals surface area contributed by atoms with Gasteiger partial charge < -0.3 is 4.90 Å². The first kappa shape index (κ1) is 14.5. The van der Waals surface area contributed by atoms with Crippen molar-refractivity contribution in [1.82, 2.24) is 4.90 Å². The van der Waals surface area contributed by atoms with Gasteiger partial charge in [0.25, 0.3) is 5.91 Å². The maximum absolute atomic E-state index is 12.4. The van der Waals surface area contributed by atoms with Gasteiger partial charge in [-0.05, 0) is 32.0 Å². The van der Waals surface area contributed by atoms with E-state index in [1.54, 1.807) is 36.9 Å². The first-order valence-electron chi connectivity index (χ1n) is 6.11. The highest BCUT2D eigenvalue weighted by Gasteiger charge is 2.38. The largest absolute Gasteiger partial charge is 0.334 e. The van der Waals surface area contributed by atoms with Crippen LogP contribution in [0.25, 0.3) is 0 Å². The van der Waals surface area contributed by atoms with Crippen LogP contribution in [0.3, 0.4) is 0 Å². The van der Waals surface area contributed by atoms with Gasteiger partial charge in [0.1, 0.15) is 0 Å². The van der Waals surface area contributed by atoms with Gasteiger partial charge in [0.15, 0.2) is 9.84 Å². The summed E-state index contributed by atoms with van der Waals surface area (Å²) in [6, 6.07) is 6.84. The van der Waals surface area contributed by atoms with Crippen molar-refractivity contribution in [2.24, 2.45) is 0 Å². The van der Waals surface area contributed by atoms with Crippen molar-refractivity contribution < 1.29 is 13.2 Å². The average molecular weight is 346 g/mol. The Morgan fingerprint density at radius 2 is 2.05 bits per heavy atom.